The van der Waals surface area contributed by atoms with E-state index in [9.17, 15) is 8.42 Å². The first-order valence-electron chi connectivity index (χ1n) is 9.46. The molecule has 140 valence electrons. The van der Waals surface area contributed by atoms with Crippen molar-refractivity contribution >= 4 is 20.8 Å². The maximum Gasteiger partial charge on any atom is 0.241 e. The zero-order valence-electron chi connectivity index (χ0n) is 15.1. The van der Waals surface area contributed by atoms with Crippen molar-refractivity contribution in [2.75, 3.05) is 26.2 Å². The summed E-state index contributed by atoms with van der Waals surface area (Å²) in [5.74, 6) is 1.12. The fraction of sp³-hybridized carbons (Fsp3) is 0.500. The highest BCUT2D eigenvalue weighted by atomic mass is 32.2. The van der Waals surface area contributed by atoms with Gasteiger partial charge in [0.2, 0.25) is 10.0 Å². The Morgan fingerprint density at radius 1 is 1.12 bits per heavy atom. The molecule has 5 nitrogen and oxygen atoms in total. The topological polar surface area (TPSA) is 58.6 Å². The molecule has 1 saturated heterocycles. The second kappa shape index (κ2) is 7.18. The number of ether oxygens (including phenoxy) is 1. The van der Waals surface area contributed by atoms with Gasteiger partial charge in [-0.3, -0.25) is 0 Å². The lowest BCUT2D eigenvalue weighted by atomic mass is 10.1. The molecule has 4 rings (SSSR count). The van der Waals surface area contributed by atoms with Crippen LogP contribution in [-0.4, -0.2) is 45.6 Å². The largest absolute Gasteiger partial charge is 0.493 e. The molecule has 2 aliphatic rings. The second-order valence-electron chi connectivity index (χ2n) is 7.27. The van der Waals surface area contributed by atoms with Gasteiger partial charge in [-0.2, -0.15) is 0 Å². The first-order chi connectivity index (χ1) is 12.6. The van der Waals surface area contributed by atoms with Gasteiger partial charge in [-0.05, 0) is 50.8 Å². The molecule has 0 amide bonds. The number of hydrogen-bond acceptors (Lipinski definition) is 4. The zero-order valence-corrected chi connectivity index (χ0v) is 16.0. The van der Waals surface area contributed by atoms with Crippen molar-refractivity contribution in [3.63, 3.8) is 0 Å². The van der Waals surface area contributed by atoms with E-state index < -0.39 is 10.0 Å². The first kappa shape index (κ1) is 17.8. The number of likely N-dealkylation sites (tertiary alicyclic amines) is 1. The van der Waals surface area contributed by atoms with E-state index in [-0.39, 0.29) is 0 Å². The highest BCUT2D eigenvalue weighted by Crippen LogP contribution is 2.33. The third-order valence-electron chi connectivity index (χ3n) is 5.38. The van der Waals surface area contributed by atoms with E-state index in [0.29, 0.717) is 29.4 Å². The van der Waals surface area contributed by atoms with E-state index in [2.05, 4.69) is 9.62 Å². The number of benzene rings is 2. The van der Waals surface area contributed by atoms with Crippen molar-refractivity contribution < 1.29 is 13.2 Å². The summed E-state index contributed by atoms with van der Waals surface area (Å²) in [5.41, 5.74) is 0. The van der Waals surface area contributed by atoms with Gasteiger partial charge >= 0.3 is 0 Å². The second-order valence-corrected chi connectivity index (χ2v) is 9.01. The lowest BCUT2D eigenvalue weighted by molar-refractivity contribution is 0.314. The highest BCUT2D eigenvalue weighted by Gasteiger charge is 2.34. The molecular weight excluding hydrogens is 348 g/mol. The minimum atomic E-state index is -3.55. The highest BCUT2D eigenvalue weighted by molar-refractivity contribution is 7.89. The van der Waals surface area contributed by atoms with E-state index >= 15 is 0 Å². The predicted octanol–water partition coefficient (Wildman–Crippen LogP) is 3.00. The van der Waals surface area contributed by atoms with Crippen LogP contribution in [0, 0.1) is 5.92 Å². The molecule has 0 radical (unpaired) electrons. The van der Waals surface area contributed by atoms with Crippen molar-refractivity contribution in [2.24, 2.45) is 5.92 Å². The van der Waals surface area contributed by atoms with Gasteiger partial charge in [0, 0.05) is 29.9 Å². The quantitative estimate of drug-likeness (QED) is 0.809. The van der Waals surface area contributed by atoms with Crippen LogP contribution < -0.4 is 9.46 Å². The Balaban J connectivity index is 1.53. The Bertz CT molecular complexity index is 893. The fourth-order valence-electron chi connectivity index (χ4n) is 3.87. The Hall–Kier alpha value is -1.63. The van der Waals surface area contributed by atoms with Crippen LogP contribution in [0.5, 0.6) is 5.75 Å². The average molecular weight is 375 g/mol. The monoisotopic (exact) mass is 374 g/mol. The van der Waals surface area contributed by atoms with Gasteiger partial charge in [-0.1, -0.05) is 24.3 Å². The summed E-state index contributed by atoms with van der Waals surface area (Å²) in [6.07, 6.45) is 3.68. The van der Waals surface area contributed by atoms with Crippen molar-refractivity contribution in [1.29, 1.82) is 0 Å². The predicted molar refractivity (Wildman–Crippen MR) is 103 cm³/mol. The molecule has 1 heterocycles. The number of rotatable bonds is 7. The van der Waals surface area contributed by atoms with E-state index in [1.165, 1.54) is 12.8 Å². The number of fused-ring (bicyclic) bond motifs is 1. The molecule has 0 bridgehead atoms. The van der Waals surface area contributed by atoms with E-state index in [1.807, 2.05) is 31.2 Å². The van der Waals surface area contributed by atoms with Gasteiger partial charge in [0.25, 0.3) is 0 Å². The van der Waals surface area contributed by atoms with Crippen LogP contribution in [-0.2, 0) is 10.0 Å². The molecule has 1 unspecified atom stereocenters. The minimum Gasteiger partial charge on any atom is -0.493 e. The van der Waals surface area contributed by atoms with Gasteiger partial charge in [0.15, 0.2) is 0 Å². The Kier molecular flexibility index (Phi) is 4.90. The minimum absolute atomic E-state index is 0.327. The van der Waals surface area contributed by atoms with Crippen LogP contribution in [0.25, 0.3) is 10.8 Å². The molecule has 0 spiro atoms. The first-order valence-corrected chi connectivity index (χ1v) is 10.9. The molecule has 1 aliphatic heterocycles. The van der Waals surface area contributed by atoms with Crippen LogP contribution in [0.3, 0.4) is 0 Å². The molecule has 1 atom stereocenters. The molecule has 6 heteroatoms. The van der Waals surface area contributed by atoms with Crippen LogP contribution in [0.2, 0.25) is 0 Å². The summed E-state index contributed by atoms with van der Waals surface area (Å²) in [6.45, 7) is 5.09. The van der Waals surface area contributed by atoms with Crippen LogP contribution in [0.4, 0.5) is 0 Å². The molecule has 2 aromatic carbocycles. The number of nitrogens with zero attached hydrogens (tertiary/aromatic N) is 1. The van der Waals surface area contributed by atoms with Crippen LogP contribution in [0.15, 0.2) is 41.3 Å². The number of sulfonamides is 1. The molecule has 2 aromatic rings. The van der Waals surface area contributed by atoms with Gasteiger partial charge in [-0.15, -0.1) is 0 Å². The molecule has 26 heavy (non-hydrogen) atoms. The van der Waals surface area contributed by atoms with Gasteiger partial charge in [0.1, 0.15) is 5.75 Å². The molecule has 1 aliphatic carbocycles. The molecule has 2 fully saturated rings. The lowest BCUT2D eigenvalue weighted by Crippen LogP contribution is -2.31. The van der Waals surface area contributed by atoms with E-state index in [0.717, 1.165) is 36.7 Å². The summed E-state index contributed by atoms with van der Waals surface area (Å²) < 4.78 is 34.4. The molecular formula is C20H26N2O3S. The summed E-state index contributed by atoms with van der Waals surface area (Å²) in [7, 11) is -3.55. The third kappa shape index (κ3) is 3.59. The van der Waals surface area contributed by atoms with Crippen molar-refractivity contribution in [1.82, 2.24) is 9.62 Å². The Labute approximate surface area is 155 Å². The maximum absolute atomic E-state index is 12.9. The summed E-state index contributed by atoms with van der Waals surface area (Å²) in [6, 6.07) is 11.7. The average Bonchev–Trinajstić information content (AvgIpc) is 3.38. The summed E-state index contributed by atoms with van der Waals surface area (Å²) >= 11 is 0. The SMILES string of the molecule is CCOc1ccc(S(=O)(=O)NCC2CCN(C3CC3)C2)c2ccccc12. The molecule has 1 N–H and O–H groups in total. The Morgan fingerprint density at radius 3 is 2.62 bits per heavy atom. The van der Waals surface area contributed by atoms with Gasteiger partial charge in [0.05, 0.1) is 11.5 Å². The van der Waals surface area contributed by atoms with E-state index in [4.69, 9.17) is 4.74 Å². The van der Waals surface area contributed by atoms with Crippen molar-refractivity contribution in [3.8, 4) is 5.75 Å². The number of nitrogens with one attached hydrogen (secondary N) is 1. The van der Waals surface area contributed by atoms with Gasteiger partial charge in [-0.25, -0.2) is 13.1 Å². The van der Waals surface area contributed by atoms with Gasteiger partial charge < -0.3 is 9.64 Å². The van der Waals surface area contributed by atoms with Crippen molar-refractivity contribution in [3.05, 3.63) is 36.4 Å². The fourth-order valence-corrected chi connectivity index (χ4v) is 5.19. The van der Waals surface area contributed by atoms with E-state index in [1.54, 1.807) is 12.1 Å². The number of hydrogen-bond donors (Lipinski definition) is 1. The standard InChI is InChI=1S/C20H26N2O3S/c1-2-25-19-9-10-20(18-6-4-3-5-17(18)19)26(23,24)21-13-15-11-12-22(14-15)16-7-8-16/h3-6,9-10,15-16,21H,2,7-8,11-14H2,1H3. The summed E-state index contributed by atoms with van der Waals surface area (Å²) in [4.78, 5) is 2.83. The normalized spacial score (nSPS) is 21.3. The third-order valence-corrected chi connectivity index (χ3v) is 6.86. The lowest BCUT2D eigenvalue weighted by Gasteiger charge is -2.16. The smallest absolute Gasteiger partial charge is 0.241 e. The zero-order chi connectivity index (χ0) is 18.1. The summed E-state index contributed by atoms with van der Waals surface area (Å²) in [5, 5.41) is 1.54. The maximum atomic E-state index is 12.9. The van der Waals surface area contributed by atoms with Crippen LogP contribution >= 0.6 is 0 Å². The molecule has 1 saturated carbocycles. The van der Waals surface area contributed by atoms with Crippen LogP contribution in [0.1, 0.15) is 26.2 Å². The molecule has 0 aromatic heterocycles. The Morgan fingerprint density at radius 2 is 1.88 bits per heavy atom. The van der Waals surface area contributed by atoms with Crippen molar-refractivity contribution in [2.45, 2.75) is 37.1 Å².